The van der Waals surface area contributed by atoms with Crippen LogP contribution in [0.25, 0.3) is 11.4 Å². The van der Waals surface area contributed by atoms with Crippen molar-refractivity contribution >= 4 is 5.97 Å². The zero-order valence-corrected chi connectivity index (χ0v) is 18.6. The Hall–Kier alpha value is -4.39. The molecule has 2 aliphatic rings. The molecule has 3 N–H and O–H groups in total. The van der Waals surface area contributed by atoms with Crippen LogP contribution in [0.15, 0.2) is 55.5 Å². The maximum atomic E-state index is 12.2. The minimum Gasteiger partial charge on any atom is -0.456 e. The van der Waals surface area contributed by atoms with Crippen molar-refractivity contribution < 1.29 is 14.7 Å². The number of carbonyl (C=O) groups is 1. The van der Waals surface area contributed by atoms with Crippen LogP contribution in [0, 0.1) is 11.8 Å². The molecule has 33 heavy (non-hydrogen) atoms. The van der Waals surface area contributed by atoms with Crippen LogP contribution >= 0.6 is 0 Å². The summed E-state index contributed by atoms with van der Waals surface area (Å²) in [5.41, 5.74) is 2.99. The molecule has 2 aromatic rings. The first-order valence-electron chi connectivity index (χ1n) is 10.3. The second kappa shape index (κ2) is 9.00. The molecule has 10 heteroatoms. The van der Waals surface area contributed by atoms with Gasteiger partial charge in [0.15, 0.2) is 0 Å². The summed E-state index contributed by atoms with van der Waals surface area (Å²) >= 11 is 0. The number of aromatic nitrogens is 7. The molecule has 10 nitrogen and oxygen atoms in total. The highest BCUT2D eigenvalue weighted by molar-refractivity contribution is 5.89. The van der Waals surface area contributed by atoms with Gasteiger partial charge in [-0.25, -0.2) is 14.5 Å². The third kappa shape index (κ3) is 5.65. The number of benzene rings is 1. The lowest BCUT2D eigenvalue weighted by molar-refractivity contribution is 0.00694. The molecule has 0 saturated heterocycles. The lowest BCUT2D eigenvalue weighted by Crippen LogP contribution is -2.23. The minimum atomic E-state index is -0.549. The van der Waals surface area contributed by atoms with Crippen LogP contribution in [0.3, 0.4) is 0 Å². The van der Waals surface area contributed by atoms with E-state index in [9.17, 15) is 10.0 Å². The van der Waals surface area contributed by atoms with Gasteiger partial charge in [0.2, 0.25) is 0 Å². The Morgan fingerprint density at radius 3 is 2.67 bits per heavy atom. The fourth-order valence-corrected chi connectivity index (χ4v) is 3.07. The van der Waals surface area contributed by atoms with Gasteiger partial charge >= 0.3 is 5.97 Å². The highest BCUT2D eigenvalue weighted by Crippen LogP contribution is 2.17. The van der Waals surface area contributed by atoms with E-state index in [-0.39, 0.29) is 5.97 Å². The summed E-state index contributed by atoms with van der Waals surface area (Å²) < 4.78 is 8.65. The number of ether oxygens (including phenoxy) is 1. The van der Waals surface area contributed by atoms with Crippen molar-refractivity contribution in [2.75, 3.05) is 0 Å². The molecule has 0 aliphatic carbocycles. The maximum absolute atomic E-state index is 12.2. The average molecular weight is 447 g/mol. The number of aromatic amines is 2. The molecule has 1 aromatic heterocycles. The van der Waals surface area contributed by atoms with Gasteiger partial charge in [-0.1, -0.05) is 18.1 Å². The van der Waals surface area contributed by atoms with E-state index in [1.54, 1.807) is 46.4 Å². The number of hydrogen-bond donors (Lipinski definition) is 3. The fraction of sp³-hybridized carbons (Fsp3) is 0.261. The first-order valence-corrected chi connectivity index (χ1v) is 10.3. The average Bonchev–Trinajstić information content (AvgIpc) is 3.27. The summed E-state index contributed by atoms with van der Waals surface area (Å²) in [4.78, 5) is 23.5. The van der Waals surface area contributed by atoms with Crippen molar-refractivity contribution in [3.05, 3.63) is 72.3 Å². The maximum Gasteiger partial charge on any atom is 0.338 e. The molecule has 170 valence electrons. The molecular weight excluding hydrogens is 422 g/mol. The van der Waals surface area contributed by atoms with Crippen LogP contribution in [-0.4, -0.2) is 51.0 Å². The van der Waals surface area contributed by atoms with Crippen LogP contribution in [0.4, 0.5) is 0 Å². The molecule has 0 atom stereocenters. The summed E-state index contributed by atoms with van der Waals surface area (Å²) in [6, 6.07) is 7.10. The number of hydrogen-bond acceptors (Lipinski definition) is 5. The van der Waals surface area contributed by atoms with Crippen LogP contribution in [0.2, 0.25) is 0 Å². The van der Waals surface area contributed by atoms with Crippen molar-refractivity contribution in [3.8, 4) is 23.2 Å². The zero-order chi connectivity index (χ0) is 23.4. The fourth-order valence-electron chi connectivity index (χ4n) is 3.07. The summed E-state index contributed by atoms with van der Waals surface area (Å²) in [5.74, 6) is 5.70. The molecule has 0 fully saturated rings. The number of rotatable bonds is 4. The van der Waals surface area contributed by atoms with Crippen molar-refractivity contribution in [2.24, 2.45) is 0 Å². The standard InChI is InChI=1S/C23H25N7O3/c1-23(2,3)33-22(31)18-8-6-17(7-9-18)12-29-13-21-20(14-30(29)32)25-11-19(27-21)5-4-10-28-16-24-15-26-28/h6-9,11,13-16,25,27,32H,10,12H2,1-3H3. The highest BCUT2D eigenvalue weighted by atomic mass is 16.6. The number of nitrogens with zero attached hydrogens (tertiary/aromatic N) is 5. The summed E-state index contributed by atoms with van der Waals surface area (Å²) in [7, 11) is 0. The Morgan fingerprint density at radius 1 is 1.18 bits per heavy atom. The lowest BCUT2D eigenvalue weighted by atomic mass is 10.1. The van der Waals surface area contributed by atoms with Gasteiger partial charge in [-0.15, -0.1) is 4.85 Å². The molecule has 3 heterocycles. The van der Waals surface area contributed by atoms with Crippen LogP contribution in [0.1, 0.15) is 42.4 Å². The van der Waals surface area contributed by atoms with Crippen molar-refractivity contribution in [1.29, 1.82) is 0 Å². The molecular formula is C23H25N7O3. The Labute approximate surface area is 190 Å². The van der Waals surface area contributed by atoms with Crippen LogP contribution < -0.4 is 0 Å². The smallest absolute Gasteiger partial charge is 0.338 e. The van der Waals surface area contributed by atoms with E-state index >= 15 is 0 Å². The molecule has 0 saturated carbocycles. The third-order valence-electron chi connectivity index (χ3n) is 4.58. The number of esters is 1. The summed E-state index contributed by atoms with van der Waals surface area (Å²) in [6.45, 7) is 6.31. The van der Waals surface area contributed by atoms with Crippen molar-refractivity contribution in [2.45, 2.75) is 39.5 Å². The Kier molecular flexibility index (Phi) is 5.95. The number of nitrogens with one attached hydrogen (secondary N) is 2. The molecule has 4 rings (SSSR count). The summed E-state index contributed by atoms with van der Waals surface area (Å²) in [6.07, 6.45) is 8.14. The quantitative estimate of drug-likeness (QED) is 0.252. The van der Waals surface area contributed by atoms with Gasteiger partial charge in [-0.2, -0.15) is 5.10 Å². The molecule has 0 radical (unpaired) electrons. The van der Waals surface area contributed by atoms with E-state index in [2.05, 4.69) is 31.9 Å². The molecule has 0 unspecified atom stereocenters. The molecule has 2 aliphatic heterocycles. The van der Waals surface area contributed by atoms with E-state index in [0.29, 0.717) is 30.0 Å². The molecule has 1 aromatic carbocycles. The van der Waals surface area contributed by atoms with Gasteiger partial charge < -0.3 is 19.9 Å². The molecule has 0 amide bonds. The third-order valence-corrected chi connectivity index (χ3v) is 4.58. The zero-order valence-electron chi connectivity index (χ0n) is 18.6. The van der Waals surface area contributed by atoms with Gasteiger partial charge in [0.25, 0.3) is 0 Å². The largest absolute Gasteiger partial charge is 0.456 e. The molecule has 0 spiro atoms. The van der Waals surface area contributed by atoms with E-state index < -0.39 is 5.60 Å². The van der Waals surface area contributed by atoms with Crippen molar-refractivity contribution in [1.82, 2.24) is 34.3 Å². The highest BCUT2D eigenvalue weighted by Gasteiger charge is 2.17. The Bertz CT molecular complexity index is 1300. The lowest BCUT2D eigenvalue weighted by Gasteiger charge is -2.19. The predicted molar refractivity (Wildman–Crippen MR) is 120 cm³/mol. The SMILES string of the molecule is CC(C)(C)OC(=O)c1ccc(Cn2cc3[nH]c(C#CCn4cncn4)c[nH]c-3cn2O)cc1. The van der Waals surface area contributed by atoms with Gasteiger partial charge in [0.1, 0.15) is 30.5 Å². The minimum absolute atomic E-state index is 0.368. The van der Waals surface area contributed by atoms with Gasteiger partial charge in [-0.05, 0) is 44.4 Å². The van der Waals surface area contributed by atoms with Crippen LogP contribution in [-0.2, 0) is 17.8 Å². The number of H-pyrrole nitrogens is 2. The van der Waals surface area contributed by atoms with Crippen LogP contribution in [0.5, 0.6) is 0 Å². The number of fused-ring (bicyclic) bond motifs is 1. The Morgan fingerprint density at radius 2 is 1.97 bits per heavy atom. The van der Waals surface area contributed by atoms with Gasteiger partial charge in [0.05, 0.1) is 35.9 Å². The monoisotopic (exact) mass is 447 g/mol. The topological polar surface area (TPSA) is 119 Å². The first kappa shape index (κ1) is 21.8. The van der Waals surface area contributed by atoms with E-state index in [1.165, 1.54) is 6.33 Å². The first-order chi connectivity index (χ1) is 15.8. The van der Waals surface area contributed by atoms with E-state index in [0.717, 1.165) is 16.1 Å². The number of carbonyl (C=O) groups excluding carboxylic acids is 1. The van der Waals surface area contributed by atoms with Gasteiger partial charge in [-0.3, -0.25) is 4.68 Å². The van der Waals surface area contributed by atoms with E-state index in [1.807, 2.05) is 32.9 Å². The van der Waals surface area contributed by atoms with Gasteiger partial charge in [0, 0.05) is 6.20 Å². The second-order valence-corrected chi connectivity index (χ2v) is 8.42. The predicted octanol–water partition coefficient (Wildman–Crippen LogP) is 3.06. The second-order valence-electron chi connectivity index (χ2n) is 8.42. The normalized spacial score (nSPS) is 11.1. The van der Waals surface area contributed by atoms with Crippen molar-refractivity contribution in [3.63, 3.8) is 0 Å². The molecule has 0 bridgehead atoms. The Balaban J connectivity index is 1.52. The summed E-state index contributed by atoms with van der Waals surface area (Å²) in [5, 5.41) is 14.4. The van der Waals surface area contributed by atoms with E-state index in [4.69, 9.17) is 4.74 Å².